The number of hydrogen-bond donors (Lipinski definition) is 0. The van der Waals surface area contributed by atoms with Crippen LogP contribution in [0.5, 0.6) is 0 Å². The summed E-state index contributed by atoms with van der Waals surface area (Å²) >= 11 is 1.89. The molecule has 0 saturated heterocycles. The van der Waals surface area contributed by atoms with Crippen LogP contribution in [-0.4, -0.2) is 30.8 Å². The molecule has 1 atom stereocenters. The summed E-state index contributed by atoms with van der Waals surface area (Å²) < 4.78 is 4.32. The quantitative estimate of drug-likeness (QED) is 0.739. The Morgan fingerprint density at radius 3 is 2.91 bits per heavy atom. The van der Waals surface area contributed by atoms with E-state index in [1.165, 1.54) is 21.3 Å². The van der Waals surface area contributed by atoms with Crippen molar-refractivity contribution >= 4 is 11.3 Å². The summed E-state index contributed by atoms with van der Waals surface area (Å²) in [7, 11) is 0. The van der Waals surface area contributed by atoms with Gasteiger partial charge in [-0.25, -0.2) is 4.98 Å². The molecule has 0 spiro atoms. The van der Waals surface area contributed by atoms with Crippen LogP contribution in [-0.2, 0) is 19.6 Å². The lowest BCUT2D eigenvalue weighted by molar-refractivity contribution is 0.156. The molecular weight excluding hydrogens is 306 g/mol. The highest BCUT2D eigenvalue weighted by molar-refractivity contribution is 7.11. The molecule has 5 nitrogen and oxygen atoms in total. The van der Waals surface area contributed by atoms with E-state index >= 15 is 0 Å². The molecule has 0 aliphatic carbocycles. The fourth-order valence-electron chi connectivity index (χ4n) is 3.28. The molecule has 0 fully saturated rings. The zero-order valence-corrected chi connectivity index (χ0v) is 14.3. The SMILES string of the molecule is Cc1ccc(CN2CCn3c(Cn4cccn4)cnc3[C@@H]2C)s1. The van der Waals surface area contributed by atoms with E-state index in [-0.39, 0.29) is 0 Å². The lowest BCUT2D eigenvalue weighted by Gasteiger charge is -2.34. The number of thiophene rings is 1. The van der Waals surface area contributed by atoms with Crippen molar-refractivity contribution in [2.45, 2.75) is 39.5 Å². The predicted molar refractivity (Wildman–Crippen MR) is 91.4 cm³/mol. The van der Waals surface area contributed by atoms with Crippen LogP contribution in [0.1, 0.15) is 34.2 Å². The van der Waals surface area contributed by atoms with Gasteiger partial charge < -0.3 is 4.57 Å². The Bertz CT molecular complexity index is 786. The topological polar surface area (TPSA) is 38.9 Å². The molecule has 4 rings (SSSR count). The van der Waals surface area contributed by atoms with Gasteiger partial charge >= 0.3 is 0 Å². The number of hydrogen-bond acceptors (Lipinski definition) is 4. The fraction of sp³-hybridized carbons (Fsp3) is 0.412. The third kappa shape index (κ3) is 2.84. The molecule has 3 aromatic rings. The Balaban J connectivity index is 1.53. The first kappa shape index (κ1) is 14.7. The number of aromatic nitrogens is 4. The minimum Gasteiger partial charge on any atom is -0.328 e. The van der Waals surface area contributed by atoms with E-state index in [1.54, 1.807) is 0 Å². The Morgan fingerprint density at radius 2 is 2.17 bits per heavy atom. The Kier molecular flexibility index (Phi) is 3.79. The van der Waals surface area contributed by atoms with Crippen molar-refractivity contribution in [1.29, 1.82) is 0 Å². The summed E-state index contributed by atoms with van der Waals surface area (Å²) in [5.74, 6) is 1.17. The first-order chi connectivity index (χ1) is 11.2. The summed E-state index contributed by atoms with van der Waals surface area (Å²) in [6, 6.07) is 6.76. The first-order valence-corrected chi connectivity index (χ1v) is 8.83. The molecule has 23 heavy (non-hydrogen) atoms. The predicted octanol–water partition coefficient (Wildman–Crippen LogP) is 3.07. The summed E-state index contributed by atoms with van der Waals surface area (Å²) in [6.45, 7) is 8.30. The molecule has 0 amide bonds. The molecule has 0 aromatic carbocycles. The van der Waals surface area contributed by atoms with Crippen molar-refractivity contribution in [1.82, 2.24) is 24.2 Å². The minimum absolute atomic E-state index is 0.345. The average molecular weight is 327 g/mol. The molecule has 120 valence electrons. The number of imidazole rings is 1. The maximum Gasteiger partial charge on any atom is 0.126 e. The molecule has 0 unspecified atom stereocenters. The van der Waals surface area contributed by atoms with E-state index in [1.807, 2.05) is 40.7 Å². The Morgan fingerprint density at radius 1 is 1.26 bits per heavy atom. The van der Waals surface area contributed by atoms with E-state index < -0.39 is 0 Å². The van der Waals surface area contributed by atoms with E-state index in [0.29, 0.717) is 6.04 Å². The first-order valence-electron chi connectivity index (χ1n) is 8.02. The van der Waals surface area contributed by atoms with Crippen molar-refractivity contribution in [3.8, 4) is 0 Å². The molecular formula is C17H21N5S. The van der Waals surface area contributed by atoms with Crippen LogP contribution in [0.3, 0.4) is 0 Å². The van der Waals surface area contributed by atoms with E-state index in [9.17, 15) is 0 Å². The third-order valence-electron chi connectivity index (χ3n) is 4.54. The van der Waals surface area contributed by atoms with Gasteiger partial charge in [-0.05, 0) is 32.0 Å². The van der Waals surface area contributed by atoms with Gasteiger partial charge in [0.2, 0.25) is 0 Å². The van der Waals surface area contributed by atoms with Gasteiger partial charge in [-0.15, -0.1) is 11.3 Å². The molecule has 0 radical (unpaired) electrons. The Hall–Kier alpha value is -1.92. The van der Waals surface area contributed by atoms with Crippen molar-refractivity contribution in [2.24, 2.45) is 0 Å². The molecule has 0 N–H and O–H groups in total. The summed E-state index contributed by atoms with van der Waals surface area (Å²) in [6.07, 6.45) is 5.82. The van der Waals surface area contributed by atoms with Crippen molar-refractivity contribution in [2.75, 3.05) is 6.54 Å². The van der Waals surface area contributed by atoms with Crippen LogP contribution in [0.25, 0.3) is 0 Å². The standard InChI is InChI=1S/C17H21N5S/c1-13-4-5-16(23-13)12-20-8-9-22-15(10-18-17(22)14(20)2)11-21-7-3-6-19-21/h3-7,10,14H,8-9,11-12H2,1-2H3/t14-/m0/s1. The molecule has 1 aliphatic rings. The van der Waals surface area contributed by atoms with Crippen LogP contribution >= 0.6 is 11.3 Å². The second-order valence-electron chi connectivity index (χ2n) is 6.12. The number of aryl methyl sites for hydroxylation is 1. The summed E-state index contributed by atoms with van der Waals surface area (Å²) in [5, 5.41) is 4.30. The van der Waals surface area contributed by atoms with Crippen LogP contribution in [0.15, 0.2) is 36.8 Å². The highest BCUT2D eigenvalue weighted by atomic mass is 32.1. The van der Waals surface area contributed by atoms with Gasteiger partial charge in [0, 0.05) is 41.8 Å². The average Bonchev–Trinajstić information content (AvgIpc) is 3.25. The highest BCUT2D eigenvalue weighted by Gasteiger charge is 2.27. The molecule has 6 heteroatoms. The monoisotopic (exact) mass is 327 g/mol. The van der Waals surface area contributed by atoms with Crippen molar-refractivity contribution in [3.05, 3.63) is 58.1 Å². The van der Waals surface area contributed by atoms with E-state index in [4.69, 9.17) is 4.98 Å². The smallest absolute Gasteiger partial charge is 0.126 e. The minimum atomic E-state index is 0.345. The number of fused-ring (bicyclic) bond motifs is 1. The second-order valence-corrected chi connectivity index (χ2v) is 7.49. The van der Waals surface area contributed by atoms with Crippen molar-refractivity contribution < 1.29 is 0 Å². The lowest BCUT2D eigenvalue weighted by atomic mass is 10.2. The van der Waals surface area contributed by atoms with Gasteiger partial charge in [-0.1, -0.05) is 0 Å². The Labute approximate surface area is 140 Å². The van der Waals surface area contributed by atoms with Crippen LogP contribution in [0, 0.1) is 6.92 Å². The van der Waals surface area contributed by atoms with E-state index in [2.05, 4.69) is 40.5 Å². The van der Waals surface area contributed by atoms with Gasteiger partial charge in [-0.3, -0.25) is 9.58 Å². The molecule has 0 bridgehead atoms. The number of rotatable bonds is 4. The normalized spacial score (nSPS) is 18.3. The maximum atomic E-state index is 4.70. The zero-order valence-electron chi connectivity index (χ0n) is 13.5. The third-order valence-corrected chi connectivity index (χ3v) is 5.52. The van der Waals surface area contributed by atoms with Crippen LogP contribution in [0.2, 0.25) is 0 Å². The second kappa shape index (κ2) is 5.94. The number of nitrogens with zero attached hydrogens (tertiary/aromatic N) is 5. The van der Waals surface area contributed by atoms with Crippen molar-refractivity contribution in [3.63, 3.8) is 0 Å². The lowest BCUT2D eigenvalue weighted by Crippen LogP contribution is -2.37. The van der Waals surface area contributed by atoms with Gasteiger partial charge in [0.1, 0.15) is 5.82 Å². The summed E-state index contributed by atoms with van der Waals surface area (Å²) in [4.78, 5) is 10.0. The van der Waals surface area contributed by atoms with Gasteiger partial charge in [0.15, 0.2) is 0 Å². The van der Waals surface area contributed by atoms with Gasteiger partial charge in [0.05, 0.1) is 24.5 Å². The zero-order chi connectivity index (χ0) is 15.8. The van der Waals surface area contributed by atoms with Crippen LogP contribution in [0.4, 0.5) is 0 Å². The molecule has 3 aromatic heterocycles. The summed E-state index contributed by atoms with van der Waals surface area (Å²) in [5.41, 5.74) is 1.24. The van der Waals surface area contributed by atoms with Gasteiger partial charge in [-0.2, -0.15) is 5.10 Å². The highest BCUT2D eigenvalue weighted by Crippen LogP contribution is 2.28. The maximum absolute atomic E-state index is 4.70. The fourth-order valence-corrected chi connectivity index (χ4v) is 4.19. The molecule has 0 saturated carbocycles. The largest absolute Gasteiger partial charge is 0.328 e. The van der Waals surface area contributed by atoms with Gasteiger partial charge in [0.25, 0.3) is 0 Å². The van der Waals surface area contributed by atoms with E-state index in [0.717, 1.165) is 26.2 Å². The molecule has 4 heterocycles. The molecule has 1 aliphatic heterocycles. The van der Waals surface area contributed by atoms with Crippen LogP contribution < -0.4 is 0 Å².